The SMILES string of the molecule is N#CC1(NC(=O)[C@@H](N)CCC(F)(F)c2ccccc2F)CC1.O=C(O)N1CC2(CCN(C3CC3)CC2)C1. The minimum absolute atomic E-state index is 0.311. The number of piperidine rings is 1. The first-order valence-corrected chi connectivity index (χ1v) is 12.8. The summed E-state index contributed by atoms with van der Waals surface area (Å²) < 4.78 is 41.4. The Hall–Kier alpha value is -2.84. The highest BCUT2D eigenvalue weighted by atomic mass is 19.3. The van der Waals surface area contributed by atoms with E-state index in [2.05, 4.69) is 10.2 Å². The van der Waals surface area contributed by atoms with Gasteiger partial charge in [0.25, 0.3) is 5.92 Å². The number of nitrogens with one attached hydrogen (secondary N) is 1. The highest BCUT2D eigenvalue weighted by molar-refractivity contribution is 5.83. The number of nitrogens with zero attached hydrogens (tertiary/aromatic N) is 3. The van der Waals surface area contributed by atoms with Crippen LogP contribution >= 0.6 is 0 Å². The van der Waals surface area contributed by atoms with Gasteiger partial charge in [-0.15, -0.1) is 0 Å². The number of nitrogens with two attached hydrogens (primary N) is 1. The molecule has 4 N–H and O–H groups in total. The Kier molecular flexibility index (Phi) is 7.72. The molecule has 2 heterocycles. The van der Waals surface area contributed by atoms with E-state index in [-0.39, 0.29) is 6.42 Å². The zero-order valence-corrected chi connectivity index (χ0v) is 20.8. The van der Waals surface area contributed by atoms with Crippen LogP contribution in [0.5, 0.6) is 0 Å². The fourth-order valence-electron chi connectivity index (χ4n) is 5.10. The zero-order valence-electron chi connectivity index (χ0n) is 20.8. The van der Waals surface area contributed by atoms with Crippen molar-refractivity contribution in [2.45, 2.75) is 74.9 Å². The normalized spacial score (nSPS) is 22.6. The lowest BCUT2D eigenvalue weighted by molar-refractivity contribution is -0.123. The van der Waals surface area contributed by atoms with E-state index in [0.29, 0.717) is 18.3 Å². The first-order chi connectivity index (χ1) is 17.5. The second kappa shape index (κ2) is 10.5. The first kappa shape index (κ1) is 27.2. The third-order valence-electron chi connectivity index (χ3n) is 7.95. The molecule has 2 saturated carbocycles. The number of likely N-dealkylation sites (tertiary alicyclic amines) is 2. The lowest BCUT2D eigenvalue weighted by Crippen LogP contribution is -2.61. The molecule has 0 bridgehead atoms. The van der Waals surface area contributed by atoms with Crippen molar-refractivity contribution in [3.8, 4) is 6.07 Å². The van der Waals surface area contributed by atoms with Crippen molar-refractivity contribution in [3.63, 3.8) is 0 Å². The van der Waals surface area contributed by atoms with Crippen molar-refractivity contribution in [1.29, 1.82) is 5.26 Å². The number of rotatable bonds is 7. The third-order valence-corrected chi connectivity index (χ3v) is 7.95. The molecule has 11 heteroatoms. The van der Waals surface area contributed by atoms with Crippen molar-refractivity contribution in [2.24, 2.45) is 11.1 Å². The minimum atomic E-state index is -3.41. The number of hydrogen-bond acceptors (Lipinski definition) is 5. The van der Waals surface area contributed by atoms with Gasteiger partial charge >= 0.3 is 6.09 Å². The summed E-state index contributed by atoms with van der Waals surface area (Å²) in [4.78, 5) is 26.6. The number of hydrogen-bond donors (Lipinski definition) is 3. The van der Waals surface area contributed by atoms with E-state index in [1.54, 1.807) is 4.90 Å². The molecule has 4 fully saturated rings. The molecular weight excluding hydrogens is 487 g/mol. The molecule has 37 heavy (non-hydrogen) atoms. The number of nitriles is 1. The number of carbonyl (C=O) groups is 2. The zero-order chi connectivity index (χ0) is 26.8. The standard InChI is InChI=1S/C15H16F3N3O.C11H18N2O2/c16-11-4-2-1-3-10(11)15(17,18)6-5-12(20)13(22)21-14(9-19)7-8-14;14-10(15)13-7-11(8-13)3-5-12(6-4-11)9-1-2-9/h1-4,12H,5-8,20H2,(H,21,22);9H,1-8H2,(H,14,15)/t12-;/m0./s1. The van der Waals surface area contributed by atoms with Crippen LogP contribution in [0.15, 0.2) is 24.3 Å². The molecule has 2 aliphatic heterocycles. The smallest absolute Gasteiger partial charge is 0.407 e. The molecule has 1 spiro atoms. The molecule has 5 rings (SSSR count). The van der Waals surface area contributed by atoms with Gasteiger partial charge in [-0.25, -0.2) is 18.0 Å². The second-order valence-corrected chi connectivity index (χ2v) is 10.9. The van der Waals surface area contributed by atoms with E-state index in [0.717, 1.165) is 31.3 Å². The predicted octanol–water partition coefficient (Wildman–Crippen LogP) is 3.42. The summed E-state index contributed by atoms with van der Waals surface area (Å²) in [5.74, 6) is -5.04. The Bertz CT molecular complexity index is 1040. The van der Waals surface area contributed by atoms with E-state index in [1.165, 1.54) is 50.9 Å². The summed E-state index contributed by atoms with van der Waals surface area (Å²) in [7, 11) is 0. The van der Waals surface area contributed by atoms with Crippen LogP contribution < -0.4 is 11.1 Å². The maximum Gasteiger partial charge on any atom is 0.407 e. The van der Waals surface area contributed by atoms with Crippen LogP contribution in [0.4, 0.5) is 18.0 Å². The lowest BCUT2D eigenvalue weighted by atomic mass is 9.72. The van der Waals surface area contributed by atoms with E-state index >= 15 is 0 Å². The number of halogens is 3. The van der Waals surface area contributed by atoms with Crippen LogP contribution in [0.3, 0.4) is 0 Å². The molecule has 0 aromatic heterocycles. The fraction of sp³-hybridized carbons (Fsp3) is 0.654. The lowest BCUT2D eigenvalue weighted by Gasteiger charge is -2.53. The van der Waals surface area contributed by atoms with Crippen LogP contribution in [0.2, 0.25) is 0 Å². The highest BCUT2D eigenvalue weighted by Crippen LogP contribution is 2.42. The molecule has 8 nitrogen and oxygen atoms in total. The molecule has 2 amide bonds. The molecule has 1 aromatic carbocycles. The molecule has 0 radical (unpaired) electrons. The van der Waals surface area contributed by atoms with Crippen LogP contribution in [0.25, 0.3) is 0 Å². The summed E-state index contributed by atoms with van der Waals surface area (Å²) in [6.07, 6.45) is 4.44. The van der Waals surface area contributed by atoms with Crippen molar-refractivity contribution < 1.29 is 27.9 Å². The Morgan fingerprint density at radius 1 is 1.19 bits per heavy atom. The summed E-state index contributed by atoms with van der Waals surface area (Å²) >= 11 is 0. The molecule has 2 saturated heterocycles. The van der Waals surface area contributed by atoms with Gasteiger partial charge in [0.2, 0.25) is 5.91 Å². The van der Waals surface area contributed by atoms with Crippen LogP contribution in [-0.4, -0.2) is 70.7 Å². The molecular formula is C26H34F3N5O3. The highest BCUT2D eigenvalue weighted by Gasteiger charge is 2.48. The molecule has 4 aliphatic rings. The molecule has 1 aromatic rings. The molecule has 1 atom stereocenters. The van der Waals surface area contributed by atoms with E-state index in [9.17, 15) is 22.8 Å². The fourth-order valence-corrected chi connectivity index (χ4v) is 5.10. The van der Waals surface area contributed by atoms with Crippen LogP contribution in [-0.2, 0) is 10.7 Å². The van der Waals surface area contributed by atoms with Gasteiger partial charge in [0.1, 0.15) is 11.4 Å². The van der Waals surface area contributed by atoms with Crippen LogP contribution in [0, 0.1) is 22.6 Å². The second-order valence-electron chi connectivity index (χ2n) is 10.9. The van der Waals surface area contributed by atoms with E-state index in [1.807, 2.05) is 6.07 Å². The summed E-state index contributed by atoms with van der Waals surface area (Å²) in [5.41, 5.74) is 4.34. The van der Waals surface area contributed by atoms with Crippen molar-refractivity contribution in [1.82, 2.24) is 15.1 Å². The van der Waals surface area contributed by atoms with E-state index in [4.69, 9.17) is 16.1 Å². The van der Waals surface area contributed by atoms with Crippen molar-refractivity contribution >= 4 is 12.0 Å². The molecule has 2 aliphatic carbocycles. The molecule has 202 valence electrons. The average Bonchev–Trinajstić information content (AvgIpc) is 3.77. The van der Waals surface area contributed by atoms with Gasteiger partial charge in [0.05, 0.1) is 17.7 Å². The summed E-state index contributed by atoms with van der Waals surface area (Å²) in [6.45, 7) is 3.94. The number of alkyl halides is 2. The maximum atomic E-state index is 14.0. The topological polar surface area (TPSA) is 123 Å². The largest absolute Gasteiger partial charge is 0.465 e. The Morgan fingerprint density at radius 2 is 1.81 bits per heavy atom. The van der Waals surface area contributed by atoms with Gasteiger partial charge in [-0.1, -0.05) is 18.2 Å². The predicted molar refractivity (Wildman–Crippen MR) is 129 cm³/mol. The van der Waals surface area contributed by atoms with Gasteiger partial charge in [-0.05, 0) is 64.1 Å². The number of amides is 2. The number of benzene rings is 1. The minimum Gasteiger partial charge on any atom is -0.465 e. The van der Waals surface area contributed by atoms with Gasteiger partial charge in [-0.3, -0.25) is 4.79 Å². The Labute approximate surface area is 214 Å². The summed E-state index contributed by atoms with van der Waals surface area (Å²) in [5, 5.41) is 20.1. The van der Waals surface area contributed by atoms with Crippen molar-refractivity contribution in [3.05, 3.63) is 35.6 Å². The average molecular weight is 522 g/mol. The monoisotopic (exact) mass is 521 g/mol. The van der Waals surface area contributed by atoms with Crippen LogP contribution in [0.1, 0.15) is 56.9 Å². The van der Waals surface area contributed by atoms with Crippen molar-refractivity contribution in [2.75, 3.05) is 26.2 Å². The third kappa shape index (κ3) is 6.54. The number of carbonyl (C=O) groups excluding carboxylic acids is 1. The van der Waals surface area contributed by atoms with Gasteiger partial charge < -0.3 is 26.0 Å². The molecule has 0 unspecified atom stereocenters. The van der Waals surface area contributed by atoms with Gasteiger partial charge in [0.15, 0.2) is 0 Å². The van der Waals surface area contributed by atoms with Gasteiger partial charge in [0, 0.05) is 31.0 Å². The van der Waals surface area contributed by atoms with Gasteiger partial charge in [-0.2, -0.15) is 5.26 Å². The first-order valence-electron chi connectivity index (χ1n) is 12.8. The quantitative estimate of drug-likeness (QED) is 0.505. The summed E-state index contributed by atoms with van der Waals surface area (Å²) in [6, 6.07) is 6.28. The van der Waals surface area contributed by atoms with E-state index < -0.39 is 47.3 Å². The maximum absolute atomic E-state index is 14.0. The Morgan fingerprint density at radius 3 is 2.32 bits per heavy atom. The Balaban J connectivity index is 0.000000184. The number of carboxylic acid groups (broad SMARTS) is 1.